The molecule has 0 aliphatic rings. The predicted octanol–water partition coefficient (Wildman–Crippen LogP) is 0.701. The van der Waals surface area contributed by atoms with Gasteiger partial charge in [0.25, 0.3) is 0 Å². The van der Waals surface area contributed by atoms with Crippen LogP contribution in [0.5, 0.6) is 5.75 Å². The fraction of sp³-hybridized carbons (Fsp3) is 0.444. The Morgan fingerprint density at radius 1 is 1.62 bits per heavy atom. The number of nitrogens with zero attached hydrogens (tertiary/aromatic N) is 1. The van der Waals surface area contributed by atoms with Crippen LogP contribution >= 0.6 is 0 Å². The second kappa shape index (κ2) is 4.20. The summed E-state index contributed by atoms with van der Waals surface area (Å²) in [6.07, 6.45) is 0. The zero-order valence-corrected chi connectivity index (χ0v) is 7.87. The summed E-state index contributed by atoms with van der Waals surface area (Å²) in [6, 6.07) is 1.76. The number of methoxy groups -OCH3 is 1. The molecule has 0 spiro atoms. The molecule has 1 rings (SSSR count). The van der Waals surface area contributed by atoms with Crippen LogP contribution in [0.3, 0.4) is 0 Å². The largest absolute Gasteiger partial charge is 0.506 e. The van der Waals surface area contributed by atoms with Gasteiger partial charge in [-0.05, 0) is 13.0 Å². The van der Waals surface area contributed by atoms with Crippen molar-refractivity contribution < 1.29 is 9.84 Å². The first-order chi connectivity index (χ1) is 6.19. The van der Waals surface area contributed by atoms with Gasteiger partial charge in [-0.3, -0.25) is 4.98 Å². The number of hydrogen-bond donors (Lipinski definition) is 2. The number of rotatable bonds is 3. The third-order valence-corrected chi connectivity index (χ3v) is 1.81. The van der Waals surface area contributed by atoms with E-state index in [1.807, 2.05) is 0 Å². The Balaban J connectivity index is 3.09. The van der Waals surface area contributed by atoms with Crippen molar-refractivity contribution in [2.24, 2.45) is 5.73 Å². The van der Waals surface area contributed by atoms with Gasteiger partial charge in [-0.25, -0.2) is 0 Å². The Morgan fingerprint density at radius 3 is 2.85 bits per heavy atom. The molecule has 1 aromatic heterocycles. The molecule has 3 N–H and O–H groups in total. The average molecular weight is 182 g/mol. The van der Waals surface area contributed by atoms with Gasteiger partial charge in [0.1, 0.15) is 5.75 Å². The molecule has 0 fully saturated rings. The van der Waals surface area contributed by atoms with Crippen LogP contribution in [0.15, 0.2) is 6.07 Å². The first-order valence-corrected chi connectivity index (χ1v) is 4.06. The summed E-state index contributed by atoms with van der Waals surface area (Å²) >= 11 is 0. The van der Waals surface area contributed by atoms with Crippen LogP contribution < -0.4 is 5.73 Å². The second-order valence-corrected chi connectivity index (χ2v) is 2.84. The number of hydrogen-bond acceptors (Lipinski definition) is 4. The summed E-state index contributed by atoms with van der Waals surface area (Å²) in [7, 11) is 1.58. The van der Waals surface area contributed by atoms with Gasteiger partial charge in [0.15, 0.2) is 0 Å². The fourth-order valence-electron chi connectivity index (χ4n) is 1.17. The molecule has 0 aromatic carbocycles. The first-order valence-electron chi connectivity index (χ1n) is 4.06. The molecule has 0 unspecified atom stereocenters. The zero-order valence-electron chi connectivity index (χ0n) is 7.87. The number of aromatic hydroxyl groups is 1. The Labute approximate surface area is 77.4 Å². The summed E-state index contributed by atoms with van der Waals surface area (Å²) in [6.45, 7) is 2.49. The van der Waals surface area contributed by atoms with Crippen molar-refractivity contribution in [1.29, 1.82) is 0 Å². The van der Waals surface area contributed by atoms with Crippen molar-refractivity contribution in [3.8, 4) is 5.75 Å². The molecule has 4 nitrogen and oxygen atoms in total. The van der Waals surface area contributed by atoms with E-state index < -0.39 is 0 Å². The molecule has 0 bridgehead atoms. The highest BCUT2D eigenvalue weighted by atomic mass is 16.5. The van der Waals surface area contributed by atoms with E-state index in [2.05, 4.69) is 4.98 Å². The summed E-state index contributed by atoms with van der Waals surface area (Å²) in [5.41, 5.74) is 7.54. The standard InChI is InChI=1S/C9H14N2O2/c1-6-9(12)7(5-13-2)3-8(4-10)11-6/h3,12H,4-5,10H2,1-2H3. The van der Waals surface area contributed by atoms with Crippen LogP contribution in [0.4, 0.5) is 0 Å². The second-order valence-electron chi connectivity index (χ2n) is 2.84. The molecule has 0 radical (unpaired) electrons. The number of aryl methyl sites for hydroxylation is 1. The molecule has 4 heteroatoms. The van der Waals surface area contributed by atoms with E-state index in [4.69, 9.17) is 10.5 Å². The van der Waals surface area contributed by atoms with Gasteiger partial charge in [-0.15, -0.1) is 0 Å². The van der Waals surface area contributed by atoms with Gasteiger partial charge in [-0.2, -0.15) is 0 Å². The van der Waals surface area contributed by atoms with Crippen molar-refractivity contribution in [3.05, 3.63) is 23.0 Å². The van der Waals surface area contributed by atoms with Gasteiger partial charge in [-0.1, -0.05) is 0 Å². The smallest absolute Gasteiger partial charge is 0.142 e. The molecule has 0 atom stereocenters. The summed E-state index contributed by atoms with van der Waals surface area (Å²) in [4.78, 5) is 4.10. The van der Waals surface area contributed by atoms with Crippen LogP contribution in [0.25, 0.3) is 0 Å². The lowest BCUT2D eigenvalue weighted by molar-refractivity contribution is 0.181. The molecule has 0 aliphatic heterocycles. The SMILES string of the molecule is COCc1cc(CN)nc(C)c1O. The molecular weight excluding hydrogens is 168 g/mol. The minimum Gasteiger partial charge on any atom is -0.506 e. The molecular formula is C9H14N2O2. The number of ether oxygens (including phenoxy) is 1. The topological polar surface area (TPSA) is 68.4 Å². The number of pyridine rings is 1. The van der Waals surface area contributed by atoms with Crippen molar-refractivity contribution in [2.75, 3.05) is 7.11 Å². The van der Waals surface area contributed by atoms with Crippen LogP contribution in [0.1, 0.15) is 17.0 Å². The number of nitrogens with two attached hydrogens (primary N) is 1. The highest BCUT2D eigenvalue weighted by molar-refractivity contribution is 5.36. The van der Waals surface area contributed by atoms with Crippen molar-refractivity contribution in [2.45, 2.75) is 20.1 Å². The van der Waals surface area contributed by atoms with E-state index >= 15 is 0 Å². The van der Waals surface area contributed by atoms with Gasteiger partial charge in [0, 0.05) is 19.2 Å². The molecule has 0 amide bonds. The van der Waals surface area contributed by atoms with E-state index in [1.165, 1.54) is 0 Å². The maximum absolute atomic E-state index is 9.57. The maximum Gasteiger partial charge on any atom is 0.142 e. The van der Waals surface area contributed by atoms with Gasteiger partial charge < -0.3 is 15.6 Å². The normalized spacial score (nSPS) is 10.4. The van der Waals surface area contributed by atoms with Crippen LogP contribution in [-0.4, -0.2) is 17.2 Å². The number of aromatic nitrogens is 1. The van der Waals surface area contributed by atoms with Crippen LogP contribution in [0.2, 0.25) is 0 Å². The van der Waals surface area contributed by atoms with E-state index in [1.54, 1.807) is 20.1 Å². The van der Waals surface area contributed by atoms with Gasteiger partial charge in [0.2, 0.25) is 0 Å². The summed E-state index contributed by atoms with van der Waals surface area (Å²) in [5.74, 6) is 0.194. The quantitative estimate of drug-likeness (QED) is 0.722. The Kier molecular flexibility index (Phi) is 3.22. The average Bonchev–Trinajstić information content (AvgIpc) is 2.13. The van der Waals surface area contributed by atoms with Crippen molar-refractivity contribution in [3.63, 3.8) is 0 Å². The molecule has 13 heavy (non-hydrogen) atoms. The fourth-order valence-corrected chi connectivity index (χ4v) is 1.17. The van der Waals surface area contributed by atoms with Crippen LogP contribution in [0, 0.1) is 6.92 Å². The minimum absolute atomic E-state index is 0.194. The lowest BCUT2D eigenvalue weighted by atomic mass is 10.2. The van der Waals surface area contributed by atoms with Crippen molar-refractivity contribution >= 4 is 0 Å². The van der Waals surface area contributed by atoms with E-state index in [0.29, 0.717) is 18.8 Å². The van der Waals surface area contributed by atoms with E-state index in [-0.39, 0.29) is 5.75 Å². The van der Waals surface area contributed by atoms with Crippen LogP contribution in [-0.2, 0) is 17.9 Å². The lowest BCUT2D eigenvalue weighted by Crippen LogP contribution is -2.03. The lowest BCUT2D eigenvalue weighted by Gasteiger charge is -2.07. The molecule has 72 valence electrons. The summed E-state index contributed by atoms with van der Waals surface area (Å²) < 4.78 is 4.93. The summed E-state index contributed by atoms with van der Waals surface area (Å²) in [5, 5.41) is 9.57. The predicted molar refractivity (Wildman–Crippen MR) is 49.2 cm³/mol. The third-order valence-electron chi connectivity index (χ3n) is 1.81. The maximum atomic E-state index is 9.57. The van der Waals surface area contributed by atoms with Gasteiger partial charge in [0.05, 0.1) is 18.0 Å². The Hall–Kier alpha value is -1.13. The molecule has 0 saturated carbocycles. The molecule has 1 aromatic rings. The Morgan fingerprint density at radius 2 is 2.31 bits per heavy atom. The highest BCUT2D eigenvalue weighted by Gasteiger charge is 2.07. The first kappa shape index (κ1) is 9.95. The third kappa shape index (κ3) is 2.17. The Bertz CT molecular complexity index is 300. The van der Waals surface area contributed by atoms with E-state index in [9.17, 15) is 5.11 Å². The monoisotopic (exact) mass is 182 g/mol. The highest BCUT2D eigenvalue weighted by Crippen LogP contribution is 2.21. The molecule has 0 aliphatic carbocycles. The molecule has 0 saturated heterocycles. The zero-order chi connectivity index (χ0) is 9.84. The van der Waals surface area contributed by atoms with Gasteiger partial charge >= 0.3 is 0 Å². The van der Waals surface area contributed by atoms with Crippen molar-refractivity contribution in [1.82, 2.24) is 4.98 Å². The van der Waals surface area contributed by atoms with E-state index in [0.717, 1.165) is 11.3 Å². The molecule has 1 heterocycles. The minimum atomic E-state index is 0.194.